The van der Waals surface area contributed by atoms with Gasteiger partial charge in [0.15, 0.2) is 5.76 Å². The van der Waals surface area contributed by atoms with E-state index in [0.29, 0.717) is 24.3 Å². The lowest BCUT2D eigenvalue weighted by Gasteiger charge is -2.07. The lowest BCUT2D eigenvalue weighted by Crippen LogP contribution is -2.25. The third-order valence-corrected chi connectivity index (χ3v) is 4.01. The highest BCUT2D eigenvalue weighted by molar-refractivity contribution is 6.32. The smallest absolute Gasteiger partial charge is 0.286 e. The minimum absolute atomic E-state index is 0.0364. The van der Waals surface area contributed by atoms with Gasteiger partial charge in [-0.3, -0.25) is 9.48 Å². The second-order valence-corrected chi connectivity index (χ2v) is 6.52. The van der Waals surface area contributed by atoms with Crippen molar-refractivity contribution in [1.29, 1.82) is 0 Å². The Morgan fingerprint density at radius 3 is 2.61 bits per heavy atom. The van der Waals surface area contributed by atoms with Gasteiger partial charge in [0.2, 0.25) is 0 Å². The molecule has 0 saturated heterocycles. The number of carbonyl (C=O) groups is 1. The molecule has 2 heterocycles. The lowest BCUT2D eigenvalue weighted by molar-refractivity contribution is 0.0753. The molecular weight excluding hydrogens is 406 g/mol. The van der Waals surface area contributed by atoms with E-state index in [1.165, 1.54) is 12.1 Å². The number of nitrogens with one attached hydrogen (secondary N) is 1. The highest BCUT2D eigenvalue weighted by atomic mass is 35.5. The van der Waals surface area contributed by atoms with Gasteiger partial charge in [-0.2, -0.15) is 5.10 Å². The molecule has 0 aliphatic carbocycles. The Hall–Kier alpha value is -2.07. The number of aromatic nitrogens is 2. The van der Waals surface area contributed by atoms with Crippen molar-refractivity contribution in [3.8, 4) is 0 Å². The molecule has 0 aliphatic rings. The average Bonchev–Trinajstić information content (AvgIpc) is 3.19. The second kappa shape index (κ2) is 9.92. The van der Waals surface area contributed by atoms with Gasteiger partial charge in [-0.15, -0.1) is 0 Å². The van der Waals surface area contributed by atoms with Crippen LogP contribution >= 0.6 is 11.6 Å². The summed E-state index contributed by atoms with van der Waals surface area (Å²) in [4.78, 5) is 12.0. The Labute approximate surface area is 163 Å². The maximum absolute atomic E-state index is 13.2. The molecule has 0 aromatic carbocycles. The quantitative estimate of drug-likeness (QED) is 0.446. The molecule has 0 fully saturated rings. The summed E-state index contributed by atoms with van der Waals surface area (Å²) in [6.07, 6.45) is -5.48. The van der Waals surface area contributed by atoms with Crippen molar-refractivity contribution in [1.82, 2.24) is 15.1 Å². The van der Waals surface area contributed by atoms with E-state index in [4.69, 9.17) is 20.8 Å². The topological polar surface area (TPSA) is 69.3 Å². The van der Waals surface area contributed by atoms with E-state index in [9.17, 15) is 22.4 Å². The molecule has 0 atom stereocenters. The number of hydrogen-bond donors (Lipinski definition) is 1. The van der Waals surface area contributed by atoms with Crippen LogP contribution in [0.15, 0.2) is 16.5 Å². The Morgan fingerprint density at radius 1 is 1.29 bits per heavy atom. The van der Waals surface area contributed by atoms with Crippen LogP contribution in [0.3, 0.4) is 0 Å². The highest BCUT2D eigenvalue weighted by Crippen LogP contribution is 2.35. The number of amides is 1. The van der Waals surface area contributed by atoms with Gasteiger partial charge in [-0.1, -0.05) is 11.6 Å². The Bertz CT molecular complexity index is 793. The molecule has 2 aromatic heterocycles. The summed E-state index contributed by atoms with van der Waals surface area (Å²) < 4.78 is 63.3. The fourth-order valence-electron chi connectivity index (χ4n) is 2.35. The van der Waals surface area contributed by atoms with Gasteiger partial charge in [0.05, 0.1) is 17.7 Å². The zero-order chi connectivity index (χ0) is 20.8. The van der Waals surface area contributed by atoms with Crippen LogP contribution in [0.4, 0.5) is 17.6 Å². The van der Waals surface area contributed by atoms with Crippen LogP contribution in [0, 0.1) is 0 Å². The van der Waals surface area contributed by atoms with Crippen molar-refractivity contribution in [3.63, 3.8) is 0 Å². The number of nitrogens with zero attached hydrogens (tertiary/aromatic N) is 2. The molecule has 11 heteroatoms. The van der Waals surface area contributed by atoms with Crippen LogP contribution in [-0.4, -0.2) is 34.9 Å². The molecule has 0 radical (unpaired) electrons. The predicted molar refractivity (Wildman–Crippen MR) is 93.0 cm³/mol. The van der Waals surface area contributed by atoms with Gasteiger partial charge < -0.3 is 14.5 Å². The third kappa shape index (κ3) is 5.71. The standard InChI is InChI=1S/C17H20ClF4N3O3/c1-9(2)27-7-3-6-23-17(26)11-5-4-10(28-11)8-25-14(16(21)22)12(18)13(24-25)15(19)20/h4-5,9,15-16H,3,6-8H2,1-2H3,(H,23,26). The van der Waals surface area contributed by atoms with E-state index in [2.05, 4.69) is 10.4 Å². The summed E-state index contributed by atoms with van der Waals surface area (Å²) in [5.41, 5.74) is -1.75. The summed E-state index contributed by atoms with van der Waals surface area (Å²) in [6, 6.07) is 2.74. The Morgan fingerprint density at radius 2 is 2.00 bits per heavy atom. The molecule has 2 aromatic rings. The van der Waals surface area contributed by atoms with Crippen molar-refractivity contribution >= 4 is 17.5 Å². The maximum Gasteiger partial charge on any atom is 0.286 e. The minimum atomic E-state index is -3.10. The molecule has 156 valence electrons. The lowest BCUT2D eigenvalue weighted by atomic mass is 10.3. The Balaban J connectivity index is 2.01. The van der Waals surface area contributed by atoms with Crippen LogP contribution in [0.25, 0.3) is 0 Å². The van der Waals surface area contributed by atoms with Gasteiger partial charge in [0.25, 0.3) is 18.8 Å². The number of rotatable bonds is 10. The number of hydrogen-bond acceptors (Lipinski definition) is 4. The van der Waals surface area contributed by atoms with Gasteiger partial charge in [0, 0.05) is 13.2 Å². The fraction of sp³-hybridized carbons (Fsp3) is 0.529. The molecule has 2 rings (SSSR count). The van der Waals surface area contributed by atoms with E-state index < -0.39 is 35.2 Å². The van der Waals surface area contributed by atoms with Gasteiger partial charge in [-0.25, -0.2) is 17.6 Å². The maximum atomic E-state index is 13.2. The minimum Gasteiger partial charge on any atom is -0.454 e. The van der Waals surface area contributed by atoms with E-state index >= 15 is 0 Å². The van der Waals surface area contributed by atoms with Crippen LogP contribution in [-0.2, 0) is 11.3 Å². The summed E-state index contributed by atoms with van der Waals surface area (Å²) in [5, 5.41) is 5.30. The zero-order valence-corrected chi connectivity index (χ0v) is 16.0. The zero-order valence-electron chi connectivity index (χ0n) is 15.2. The summed E-state index contributed by atoms with van der Waals surface area (Å²) >= 11 is 5.60. The van der Waals surface area contributed by atoms with Crippen molar-refractivity contribution in [2.24, 2.45) is 0 Å². The van der Waals surface area contributed by atoms with E-state index in [1.807, 2.05) is 13.8 Å². The number of carbonyl (C=O) groups excluding carboxylic acids is 1. The van der Waals surface area contributed by atoms with Crippen LogP contribution in [0.1, 0.15) is 60.8 Å². The molecule has 28 heavy (non-hydrogen) atoms. The number of furan rings is 1. The number of alkyl halides is 4. The second-order valence-electron chi connectivity index (χ2n) is 6.14. The first-order valence-corrected chi connectivity index (χ1v) is 8.89. The first kappa shape index (κ1) is 22.2. The van der Waals surface area contributed by atoms with Crippen molar-refractivity contribution in [2.75, 3.05) is 13.2 Å². The first-order chi connectivity index (χ1) is 13.2. The van der Waals surface area contributed by atoms with E-state index in [1.54, 1.807) is 0 Å². The summed E-state index contributed by atoms with van der Waals surface area (Å²) in [7, 11) is 0. The van der Waals surface area contributed by atoms with Gasteiger partial charge in [0.1, 0.15) is 17.1 Å². The Kier molecular flexibility index (Phi) is 7.88. The molecule has 1 N–H and O–H groups in total. The number of ether oxygens (including phenoxy) is 1. The average molecular weight is 426 g/mol. The molecular formula is C17H20ClF4N3O3. The highest BCUT2D eigenvalue weighted by Gasteiger charge is 2.28. The van der Waals surface area contributed by atoms with Crippen molar-refractivity contribution < 1.29 is 31.5 Å². The summed E-state index contributed by atoms with van der Waals surface area (Å²) in [6.45, 7) is 4.29. The van der Waals surface area contributed by atoms with E-state index in [0.717, 1.165) is 0 Å². The van der Waals surface area contributed by atoms with Crippen LogP contribution in [0.5, 0.6) is 0 Å². The fourth-order valence-corrected chi connectivity index (χ4v) is 2.65. The summed E-state index contributed by atoms with van der Waals surface area (Å²) in [5.74, 6) is -0.433. The van der Waals surface area contributed by atoms with Crippen molar-refractivity contribution in [3.05, 3.63) is 40.1 Å². The number of halogens is 5. The van der Waals surface area contributed by atoms with Gasteiger partial charge >= 0.3 is 0 Å². The van der Waals surface area contributed by atoms with Gasteiger partial charge in [-0.05, 0) is 32.4 Å². The molecule has 1 amide bonds. The predicted octanol–water partition coefficient (Wildman–Crippen LogP) is 4.60. The molecule has 0 bridgehead atoms. The largest absolute Gasteiger partial charge is 0.454 e. The van der Waals surface area contributed by atoms with Crippen LogP contribution in [0.2, 0.25) is 5.02 Å². The molecule has 0 aliphatic heterocycles. The monoisotopic (exact) mass is 425 g/mol. The third-order valence-electron chi connectivity index (χ3n) is 3.62. The molecule has 0 spiro atoms. The first-order valence-electron chi connectivity index (χ1n) is 8.51. The molecule has 0 saturated carbocycles. The van der Waals surface area contributed by atoms with Crippen molar-refractivity contribution in [2.45, 2.75) is 45.8 Å². The SMILES string of the molecule is CC(C)OCCCNC(=O)c1ccc(Cn2nc(C(F)F)c(Cl)c2C(F)F)o1. The molecule has 6 nitrogen and oxygen atoms in total. The van der Waals surface area contributed by atoms with E-state index in [-0.39, 0.29) is 24.2 Å². The van der Waals surface area contributed by atoms with Crippen LogP contribution < -0.4 is 5.32 Å². The molecule has 0 unspecified atom stereocenters. The normalized spacial score (nSPS) is 11.8.